The highest BCUT2D eigenvalue weighted by atomic mass is 16.5. The lowest BCUT2D eigenvalue weighted by Gasteiger charge is -2.61. The normalized spacial score (nSPS) is 50.2. The van der Waals surface area contributed by atoms with E-state index in [0.29, 0.717) is 29.0 Å². The lowest BCUT2D eigenvalue weighted by molar-refractivity contribution is -0.158. The molecule has 3 fully saturated rings. The van der Waals surface area contributed by atoms with Crippen LogP contribution in [0.5, 0.6) is 0 Å². The maximum absolute atomic E-state index is 13.3. The molecule has 4 aliphatic carbocycles. The molecule has 0 saturated heterocycles. The molecule has 8 atom stereocenters. The molecule has 0 radical (unpaired) electrons. The standard InChI is InChI=1S/C24H38O2/c1-5-16-10-11-19-18-14-22(25)21-9-7-8-17(15-26-6-2)24(21,4)20(18)12-13-23(16,19)3/h7-8,16-21H,5-6,9-15H2,1-4H3/t16-,17?,18-,19-,20-,21+,23+,24+/m0/s1. The molecule has 4 rings (SSSR count). The third kappa shape index (κ3) is 2.50. The summed E-state index contributed by atoms with van der Waals surface area (Å²) in [5, 5.41) is 0. The van der Waals surface area contributed by atoms with Crippen LogP contribution in [0.2, 0.25) is 0 Å². The zero-order chi connectivity index (χ0) is 18.5. The molecule has 0 aliphatic heterocycles. The third-order valence-electron chi connectivity index (χ3n) is 9.54. The van der Waals surface area contributed by atoms with E-state index in [2.05, 4.69) is 39.8 Å². The minimum atomic E-state index is 0.107. The molecule has 0 heterocycles. The third-order valence-corrected chi connectivity index (χ3v) is 9.54. The Morgan fingerprint density at radius 2 is 1.96 bits per heavy atom. The van der Waals surface area contributed by atoms with Gasteiger partial charge in [0.1, 0.15) is 5.78 Å². The molecule has 0 bridgehead atoms. The first-order chi connectivity index (χ1) is 12.5. The fraction of sp³-hybridized carbons (Fsp3) is 0.875. The number of ether oxygens (including phenoxy) is 1. The van der Waals surface area contributed by atoms with Crippen molar-refractivity contribution in [1.82, 2.24) is 0 Å². The quantitative estimate of drug-likeness (QED) is 0.606. The predicted molar refractivity (Wildman–Crippen MR) is 106 cm³/mol. The van der Waals surface area contributed by atoms with Crippen molar-refractivity contribution >= 4 is 5.78 Å². The van der Waals surface area contributed by atoms with Gasteiger partial charge in [0.25, 0.3) is 0 Å². The Labute approximate surface area is 160 Å². The topological polar surface area (TPSA) is 26.3 Å². The summed E-state index contributed by atoms with van der Waals surface area (Å²) in [5.41, 5.74) is 0.592. The Kier molecular flexibility index (Phi) is 4.87. The van der Waals surface area contributed by atoms with Gasteiger partial charge in [0, 0.05) is 24.9 Å². The summed E-state index contributed by atoms with van der Waals surface area (Å²) < 4.78 is 5.88. The number of rotatable bonds is 4. The van der Waals surface area contributed by atoms with E-state index in [1.807, 2.05) is 0 Å². The maximum atomic E-state index is 13.3. The van der Waals surface area contributed by atoms with Crippen LogP contribution in [-0.4, -0.2) is 19.0 Å². The van der Waals surface area contributed by atoms with Crippen molar-refractivity contribution in [1.29, 1.82) is 0 Å². The second-order valence-electron chi connectivity index (χ2n) is 10.1. The number of Topliss-reactive ketones (excluding diaryl/α,β-unsaturated/α-hetero) is 1. The number of ketones is 1. The second-order valence-corrected chi connectivity index (χ2v) is 10.1. The smallest absolute Gasteiger partial charge is 0.137 e. The van der Waals surface area contributed by atoms with Gasteiger partial charge >= 0.3 is 0 Å². The molecule has 0 spiro atoms. The summed E-state index contributed by atoms with van der Waals surface area (Å²) in [7, 11) is 0. The van der Waals surface area contributed by atoms with Crippen molar-refractivity contribution in [2.24, 2.45) is 46.3 Å². The molecule has 0 aromatic heterocycles. The Balaban J connectivity index is 1.68. The first-order valence-electron chi connectivity index (χ1n) is 11.2. The van der Waals surface area contributed by atoms with Crippen LogP contribution in [-0.2, 0) is 9.53 Å². The van der Waals surface area contributed by atoms with E-state index in [-0.39, 0.29) is 11.3 Å². The molecule has 0 aromatic carbocycles. The average Bonchev–Trinajstić information content (AvgIpc) is 2.97. The van der Waals surface area contributed by atoms with Gasteiger partial charge in [-0.25, -0.2) is 0 Å². The first-order valence-corrected chi connectivity index (χ1v) is 11.2. The summed E-state index contributed by atoms with van der Waals surface area (Å²) in [6.07, 6.45) is 13.2. The largest absolute Gasteiger partial charge is 0.381 e. The lowest BCUT2D eigenvalue weighted by atomic mass is 9.43. The monoisotopic (exact) mass is 358 g/mol. The number of allylic oxidation sites excluding steroid dienone is 1. The van der Waals surface area contributed by atoms with Gasteiger partial charge in [0.15, 0.2) is 0 Å². The Hall–Kier alpha value is -0.630. The van der Waals surface area contributed by atoms with Crippen LogP contribution in [0.4, 0.5) is 0 Å². The van der Waals surface area contributed by atoms with Crippen LogP contribution >= 0.6 is 0 Å². The molecule has 146 valence electrons. The van der Waals surface area contributed by atoms with Crippen molar-refractivity contribution in [3.05, 3.63) is 12.2 Å². The minimum absolute atomic E-state index is 0.107. The summed E-state index contributed by atoms with van der Waals surface area (Å²) in [6.45, 7) is 11.0. The van der Waals surface area contributed by atoms with E-state index < -0.39 is 0 Å². The van der Waals surface area contributed by atoms with Crippen molar-refractivity contribution in [3.63, 3.8) is 0 Å². The van der Waals surface area contributed by atoms with Crippen LogP contribution in [0.25, 0.3) is 0 Å². The molecule has 0 amide bonds. The second kappa shape index (κ2) is 6.76. The number of carbonyl (C=O) groups excluding carboxylic acids is 1. The number of hydrogen-bond donors (Lipinski definition) is 0. The van der Waals surface area contributed by atoms with Crippen LogP contribution < -0.4 is 0 Å². The number of carbonyl (C=O) groups is 1. The molecule has 4 aliphatic rings. The van der Waals surface area contributed by atoms with Gasteiger partial charge in [-0.05, 0) is 73.5 Å². The van der Waals surface area contributed by atoms with Crippen LogP contribution in [0, 0.1) is 46.3 Å². The van der Waals surface area contributed by atoms with Crippen molar-refractivity contribution in [2.75, 3.05) is 13.2 Å². The van der Waals surface area contributed by atoms with Gasteiger partial charge in [-0.3, -0.25) is 4.79 Å². The fourth-order valence-corrected chi connectivity index (χ4v) is 8.09. The van der Waals surface area contributed by atoms with Gasteiger partial charge in [-0.15, -0.1) is 0 Å². The summed E-state index contributed by atoms with van der Waals surface area (Å²) in [4.78, 5) is 13.3. The highest BCUT2D eigenvalue weighted by Crippen LogP contribution is 2.67. The van der Waals surface area contributed by atoms with E-state index in [4.69, 9.17) is 4.74 Å². The SMILES string of the molecule is CCOCC1C=CC[C@@H]2C(=O)C[C@H]3[C@@H]4CC[C@H](CC)[C@@]4(C)CC[C@@H]3[C@@]12C. The average molecular weight is 359 g/mol. The predicted octanol–water partition coefficient (Wildman–Crippen LogP) is 5.66. The first kappa shape index (κ1) is 18.7. The Morgan fingerprint density at radius 3 is 2.69 bits per heavy atom. The fourth-order valence-electron chi connectivity index (χ4n) is 8.09. The van der Waals surface area contributed by atoms with Crippen LogP contribution in [0.1, 0.15) is 72.6 Å². The van der Waals surface area contributed by atoms with E-state index in [9.17, 15) is 4.79 Å². The number of hydrogen-bond acceptors (Lipinski definition) is 2. The van der Waals surface area contributed by atoms with Crippen molar-refractivity contribution < 1.29 is 9.53 Å². The molecule has 0 N–H and O–H groups in total. The van der Waals surface area contributed by atoms with Gasteiger partial charge in [-0.1, -0.05) is 39.3 Å². The van der Waals surface area contributed by atoms with E-state index in [0.717, 1.165) is 37.9 Å². The Bertz CT molecular complexity index is 581. The summed E-state index contributed by atoms with van der Waals surface area (Å²) in [6, 6.07) is 0. The van der Waals surface area contributed by atoms with E-state index >= 15 is 0 Å². The molecule has 2 heteroatoms. The lowest BCUT2D eigenvalue weighted by Crippen LogP contribution is -2.58. The number of fused-ring (bicyclic) bond motifs is 5. The molecular weight excluding hydrogens is 320 g/mol. The molecular formula is C24H38O2. The van der Waals surface area contributed by atoms with Crippen LogP contribution in [0.15, 0.2) is 12.2 Å². The molecule has 26 heavy (non-hydrogen) atoms. The Morgan fingerprint density at radius 1 is 1.15 bits per heavy atom. The molecule has 2 nitrogen and oxygen atoms in total. The van der Waals surface area contributed by atoms with Gasteiger partial charge in [-0.2, -0.15) is 0 Å². The van der Waals surface area contributed by atoms with Crippen molar-refractivity contribution in [2.45, 2.75) is 72.6 Å². The van der Waals surface area contributed by atoms with E-state index in [1.165, 1.54) is 32.1 Å². The minimum Gasteiger partial charge on any atom is -0.381 e. The van der Waals surface area contributed by atoms with Gasteiger partial charge in [0.2, 0.25) is 0 Å². The summed E-state index contributed by atoms with van der Waals surface area (Å²) >= 11 is 0. The molecule has 1 unspecified atom stereocenters. The van der Waals surface area contributed by atoms with Crippen molar-refractivity contribution in [3.8, 4) is 0 Å². The van der Waals surface area contributed by atoms with Crippen LogP contribution in [0.3, 0.4) is 0 Å². The zero-order valence-corrected chi connectivity index (χ0v) is 17.3. The van der Waals surface area contributed by atoms with Gasteiger partial charge < -0.3 is 4.74 Å². The maximum Gasteiger partial charge on any atom is 0.137 e. The summed E-state index contributed by atoms with van der Waals surface area (Å²) in [5.74, 6) is 4.16. The van der Waals surface area contributed by atoms with Gasteiger partial charge in [0.05, 0.1) is 6.61 Å². The molecule has 3 saturated carbocycles. The highest BCUT2D eigenvalue weighted by Gasteiger charge is 2.62. The zero-order valence-electron chi connectivity index (χ0n) is 17.3. The van der Waals surface area contributed by atoms with E-state index in [1.54, 1.807) is 0 Å². The highest BCUT2D eigenvalue weighted by molar-refractivity contribution is 5.83. The molecule has 0 aromatic rings.